The van der Waals surface area contributed by atoms with Gasteiger partial charge in [0.05, 0.1) is 4.99 Å². The molecule has 18 heavy (non-hydrogen) atoms. The Hall–Kier alpha value is -0.580. The van der Waals surface area contributed by atoms with Crippen LogP contribution in [0, 0.1) is 0 Å². The van der Waals surface area contributed by atoms with E-state index in [4.69, 9.17) is 18.0 Å². The topological polar surface area (TPSA) is 29.3 Å². The molecule has 1 heterocycles. The summed E-state index contributed by atoms with van der Waals surface area (Å²) in [6, 6.07) is 9.19. The molecular weight excluding hydrogens is 260 g/mol. The van der Waals surface area contributed by atoms with Gasteiger partial charge in [0, 0.05) is 35.7 Å². The fourth-order valence-corrected chi connectivity index (χ4v) is 3.73. The van der Waals surface area contributed by atoms with E-state index in [9.17, 15) is 0 Å². The number of thioether (sulfide) groups is 1. The lowest BCUT2D eigenvalue weighted by Gasteiger charge is -2.28. The van der Waals surface area contributed by atoms with Gasteiger partial charge >= 0.3 is 0 Å². The van der Waals surface area contributed by atoms with Crippen LogP contribution in [0.5, 0.6) is 0 Å². The first kappa shape index (κ1) is 13.8. The Balaban J connectivity index is 2.07. The van der Waals surface area contributed by atoms with Crippen LogP contribution >= 0.6 is 24.0 Å². The minimum Gasteiger partial charge on any atom is -0.392 e. The summed E-state index contributed by atoms with van der Waals surface area (Å²) in [6.45, 7) is 6.16. The molecule has 0 saturated carbocycles. The van der Waals surface area contributed by atoms with E-state index in [0.29, 0.717) is 16.9 Å². The Kier molecular flexibility index (Phi) is 4.65. The molecule has 1 aliphatic rings. The first-order valence-electron chi connectivity index (χ1n) is 6.32. The van der Waals surface area contributed by atoms with Gasteiger partial charge in [0.2, 0.25) is 0 Å². The van der Waals surface area contributed by atoms with Gasteiger partial charge < -0.3 is 5.73 Å². The zero-order valence-corrected chi connectivity index (χ0v) is 12.6. The molecule has 1 aromatic carbocycles. The molecule has 0 radical (unpaired) electrons. The van der Waals surface area contributed by atoms with Crippen molar-refractivity contribution in [3.05, 3.63) is 29.8 Å². The molecule has 0 aliphatic carbocycles. The van der Waals surface area contributed by atoms with Crippen LogP contribution in [0.1, 0.15) is 25.3 Å². The van der Waals surface area contributed by atoms with Gasteiger partial charge in [0.15, 0.2) is 0 Å². The maximum absolute atomic E-state index is 5.68. The van der Waals surface area contributed by atoms with Gasteiger partial charge in [0.25, 0.3) is 0 Å². The predicted molar refractivity (Wildman–Crippen MR) is 83.4 cm³/mol. The summed E-state index contributed by atoms with van der Waals surface area (Å²) < 4.78 is 0. The SMILES string of the molecule is CC(C)N(CC(N)=S)CC1CSc2ccccc21. The van der Waals surface area contributed by atoms with Gasteiger partial charge in [0.1, 0.15) is 0 Å². The van der Waals surface area contributed by atoms with Crippen molar-refractivity contribution in [2.75, 3.05) is 18.8 Å². The molecule has 98 valence electrons. The van der Waals surface area contributed by atoms with Crippen LogP contribution < -0.4 is 5.73 Å². The highest BCUT2D eigenvalue weighted by Crippen LogP contribution is 2.39. The van der Waals surface area contributed by atoms with Crippen LogP contribution in [0.4, 0.5) is 0 Å². The van der Waals surface area contributed by atoms with Crippen LogP contribution in [-0.4, -0.2) is 34.8 Å². The van der Waals surface area contributed by atoms with E-state index >= 15 is 0 Å². The monoisotopic (exact) mass is 280 g/mol. The summed E-state index contributed by atoms with van der Waals surface area (Å²) in [5.41, 5.74) is 7.17. The quantitative estimate of drug-likeness (QED) is 0.840. The lowest BCUT2D eigenvalue weighted by molar-refractivity contribution is 0.243. The molecule has 1 aliphatic heterocycles. The van der Waals surface area contributed by atoms with E-state index in [2.05, 4.69) is 43.0 Å². The number of rotatable bonds is 5. The van der Waals surface area contributed by atoms with Crippen LogP contribution in [0.2, 0.25) is 0 Å². The van der Waals surface area contributed by atoms with Crippen molar-refractivity contribution >= 4 is 29.0 Å². The molecule has 1 unspecified atom stereocenters. The lowest BCUT2D eigenvalue weighted by atomic mass is 10.0. The molecule has 2 nitrogen and oxygen atoms in total. The third-order valence-corrected chi connectivity index (χ3v) is 4.72. The molecule has 2 N–H and O–H groups in total. The minimum absolute atomic E-state index is 0.476. The first-order chi connectivity index (χ1) is 8.58. The largest absolute Gasteiger partial charge is 0.392 e. The normalized spacial score (nSPS) is 18.3. The summed E-state index contributed by atoms with van der Waals surface area (Å²) in [5, 5.41) is 0. The highest BCUT2D eigenvalue weighted by atomic mass is 32.2. The standard InChI is InChI=1S/C14H20N2S2/c1-10(2)16(8-14(15)17)7-11-9-18-13-6-4-3-5-12(11)13/h3-6,10-11H,7-9H2,1-2H3,(H2,15,17). The van der Waals surface area contributed by atoms with Gasteiger partial charge in [-0.2, -0.15) is 0 Å². The second-order valence-corrected chi connectivity index (χ2v) is 6.62. The third kappa shape index (κ3) is 3.25. The van der Waals surface area contributed by atoms with E-state index < -0.39 is 0 Å². The molecule has 0 bridgehead atoms. The van der Waals surface area contributed by atoms with Crippen LogP contribution in [0.3, 0.4) is 0 Å². The van der Waals surface area contributed by atoms with E-state index in [1.165, 1.54) is 16.2 Å². The fraction of sp³-hybridized carbons (Fsp3) is 0.500. The second-order valence-electron chi connectivity index (χ2n) is 5.04. The van der Waals surface area contributed by atoms with E-state index in [1.54, 1.807) is 0 Å². The molecule has 0 amide bonds. The third-order valence-electron chi connectivity index (χ3n) is 3.34. The highest BCUT2D eigenvalue weighted by Gasteiger charge is 2.25. The Morgan fingerprint density at radius 1 is 1.50 bits per heavy atom. The van der Waals surface area contributed by atoms with E-state index in [-0.39, 0.29) is 0 Å². The van der Waals surface area contributed by atoms with Crippen LogP contribution in [0.15, 0.2) is 29.2 Å². The predicted octanol–water partition coefficient (Wildman–Crippen LogP) is 2.87. The van der Waals surface area contributed by atoms with Gasteiger partial charge in [-0.15, -0.1) is 11.8 Å². The van der Waals surface area contributed by atoms with Crippen LogP contribution in [0.25, 0.3) is 0 Å². The number of hydrogen-bond donors (Lipinski definition) is 1. The second kappa shape index (κ2) is 6.04. The molecule has 0 spiro atoms. The summed E-state index contributed by atoms with van der Waals surface area (Å²) in [4.78, 5) is 4.39. The summed E-state index contributed by atoms with van der Waals surface area (Å²) in [6.07, 6.45) is 0. The summed E-state index contributed by atoms with van der Waals surface area (Å²) in [5.74, 6) is 1.77. The zero-order valence-electron chi connectivity index (χ0n) is 10.9. The average Bonchev–Trinajstić information content (AvgIpc) is 2.71. The van der Waals surface area contributed by atoms with Crippen molar-refractivity contribution in [1.82, 2.24) is 4.90 Å². The molecule has 0 aromatic heterocycles. The zero-order chi connectivity index (χ0) is 13.1. The Bertz CT molecular complexity index is 432. The van der Waals surface area contributed by atoms with Crippen molar-refractivity contribution in [3.63, 3.8) is 0 Å². The minimum atomic E-state index is 0.476. The van der Waals surface area contributed by atoms with Gasteiger partial charge in [-0.3, -0.25) is 4.90 Å². The molecule has 2 rings (SSSR count). The summed E-state index contributed by atoms with van der Waals surface area (Å²) in [7, 11) is 0. The first-order valence-corrected chi connectivity index (χ1v) is 7.71. The Morgan fingerprint density at radius 2 is 2.22 bits per heavy atom. The number of fused-ring (bicyclic) bond motifs is 1. The number of hydrogen-bond acceptors (Lipinski definition) is 3. The lowest BCUT2D eigenvalue weighted by Crippen LogP contribution is -2.40. The Morgan fingerprint density at radius 3 is 2.89 bits per heavy atom. The van der Waals surface area contributed by atoms with Gasteiger partial charge in [-0.1, -0.05) is 30.4 Å². The number of nitrogens with zero attached hydrogens (tertiary/aromatic N) is 1. The van der Waals surface area contributed by atoms with E-state index in [1.807, 2.05) is 11.8 Å². The van der Waals surface area contributed by atoms with E-state index in [0.717, 1.165) is 13.1 Å². The fourth-order valence-electron chi connectivity index (χ4n) is 2.32. The smallest absolute Gasteiger partial charge is 0.0870 e. The molecule has 0 fully saturated rings. The van der Waals surface area contributed by atoms with Crippen molar-refractivity contribution in [2.45, 2.75) is 30.7 Å². The van der Waals surface area contributed by atoms with Crippen molar-refractivity contribution in [3.8, 4) is 0 Å². The van der Waals surface area contributed by atoms with Gasteiger partial charge in [-0.05, 0) is 25.5 Å². The summed E-state index contributed by atoms with van der Waals surface area (Å²) >= 11 is 7.00. The molecule has 4 heteroatoms. The maximum atomic E-state index is 5.68. The number of nitrogens with two attached hydrogens (primary N) is 1. The number of benzene rings is 1. The molecule has 1 atom stereocenters. The van der Waals surface area contributed by atoms with Crippen molar-refractivity contribution < 1.29 is 0 Å². The Labute approximate surface area is 119 Å². The number of thiocarbonyl (C=S) groups is 1. The molecule has 0 saturated heterocycles. The van der Waals surface area contributed by atoms with Crippen molar-refractivity contribution in [1.29, 1.82) is 0 Å². The maximum Gasteiger partial charge on any atom is 0.0870 e. The molecular formula is C14H20N2S2. The van der Waals surface area contributed by atoms with Crippen molar-refractivity contribution in [2.24, 2.45) is 5.73 Å². The van der Waals surface area contributed by atoms with Crippen LogP contribution in [-0.2, 0) is 0 Å². The highest BCUT2D eigenvalue weighted by molar-refractivity contribution is 7.99. The molecule has 1 aromatic rings. The van der Waals surface area contributed by atoms with Gasteiger partial charge in [-0.25, -0.2) is 0 Å². The average molecular weight is 280 g/mol.